The van der Waals surface area contributed by atoms with Crippen LogP contribution in [-0.2, 0) is 0 Å². The first kappa shape index (κ1) is 14.0. The van der Waals surface area contributed by atoms with E-state index in [1.165, 1.54) is 0 Å². The molecule has 92 valence electrons. The van der Waals surface area contributed by atoms with Crippen molar-refractivity contribution in [3.05, 3.63) is 54.5 Å². The molecule has 5 heteroatoms. The molecule has 0 aromatic heterocycles. The monoisotopic (exact) mass is 479 g/mol. The van der Waals surface area contributed by atoms with Gasteiger partial charge in [-0.1, -0.05) is 28.1 Å². The van der Waals surface area contributed by atoms with Crippen molar-refractivity contribution < 1.29 is 5.11 Å². The molecule has 0 unspecified atom stereocenters. The van der Waals surface area contributed by atoms with Gasteiger partial charge in [0.15, 0.2) is 0 Å². The fourth-order valence-electron chi connectivity index (χ4n) is 1.38. The van der Waals surface area contributed by atoms with Crippen molar-refractivity contribution in [1.82, 2.24) is 0 Å². The first-order chi connectivity index (χ1) is 8.58. The molecule has 2 rings (SSSR count). The van der Waals surface area contributed by atoms with Gasteiger partial charge in [-0.15, -0.1) is 0 Å². The molecular weight excluding hydrogens is 473 g/mol. The third-order valence-electron chi connectivity index (χ3n) is 2.25. The third kappa shape index (κ3) is 3.33. The zero-order chi connectivity index (χ0) is 13.1. The van der Waals surface area contributed by atoms with Crippen LogP contribution in [0.5, 0.6) is 5.75 Å². The molecule has 2 aromatic rings. The van der Waals surface area contributed by atoms with E-state index in [9.17, 15) is 5.11 Å². The van der Waals surface area contributed by atoms with Gasteiger partial charge in [0.2, 0.25) is 0 Å². The van der Waals surface area contributed by atoms with Crippen LogP contribution in [-0.4, -0.2) is 11.3 Å². The lowest BCUT2D eigenvalue weighted by Crippen LogP contribution is -1.84. The summed E-state index contributed by atoms with van der Waals surface area (Å²) in [5.74, 6) is 0.188. The van der Waals surface area contributed by atoms with Crippen molar-refractivity contribution in [3.8, 4) is 5.75 Å². The summed E-state index contributed by atoms with van der Waals surface area (Å²) < 4.78 is 2.59. The van der Waals surface area contributed by atoms with Gasteiger partial charge in [0, 0.05) is 19.8 Å². The van der Waals surface area contributed by atoms with Crippen LogP contribution in [0.4, 0.5) is 5.69 Å². The summed E-state index contributed by atoms with van der Waals surface area (Å²) in [6.45, 7) is 0. The van der Waals surface area contributed by atoms with E-state index in [2.05, 4.69) is 59.4 Å². The first-order valence-corrected chi connectivity index (χ1v) is 7.71. The summed E-state index contributed by atoms with van der Waals surface area (Å²) in [5, 5.41) is 9.91. The molecule has 0 fully saturated rings. The number of phenolic OH excluding ortho intramolecular Hbond substituents is 1. The fourth-order valence-corrected chi connectivity index (χ4v) is 3.16. The molecule has 0 atom stereocenters. The molecule has 0 saturated heterocycles. The second kappa shape index (κ2) is 6.16. The Labute approximate surface area is 136 Å². The molecule has 0 heterocycles. The van der Waals surface area contributed by atoms with Crippen LogP contribution in [0.1, 0.15) is 5.56 Å². The molecule has 1 N–H and O–H groups in total. The molecule has 0 radical (unpaired) electrons. The maximum absolute atomic E-state index is 9.91. The van der Waals surface area contributed by atoms with E-state index in [1.807, 2.05) is 30.3 Å². The Morgan fingerprint density at radius 1 is 1.17 bits per heavy atom. The Balaban J connectivity index is 2.38. The van der Waals surface area contributed by atoms with E-state index in [0.717, 1.165) is 13.7 Å². The summed E-state index contributed by atoms with van der Waals surface area (Å²) in [5.41, 5.74) is 1.55. The Morgan fingerprint density at radius 3 is 2.61 bits per heavy atom. The Hall–Kier alpha value is -0.400. The van der Waals surface area contributed by atoms with E-state index in [0.29, 0.717) is 10.0 Å². The SMILES string of the molecule is Oc1c(Br)cc(Br)cc1C=Nc1ccccc1I. The van der Waals surface area contributed by atoms with Gasteiger partial charge < -0.3 is 5.11 Å². The molecular formula is C13H8Br2INO. The lowest BCUT2D eigenvalue weighted by atomic mass is 10.2. The van der Waals surface area contributed by atoms with Crippen LogP contribution >= 0.6 is 54.5 Å². The van der Waals surface area contributed by atoms with Crippen molar-refractivity contribution >= 4 is 66.4 Å². The van der Waals surface area contributed by atoms with Gasteiger partial charge in [0.25, 0.3) is 0 Å². The zero-order valence-electron chi connectivity index (χ0n) is 9.07. The summed E-state index contributed by atoms with van der Waals surface area (Å²) in [7, 11) is 0. The number of nitrogens with zero attached hydrogens (tertiary/aromatic N) is 1. The van der Waals surface area contributed by atoms with Crippen LogP contribution in [0.25, 0.3) is 0 Å². The number of para-hydroxylation sites is 1. The highest BCUT2D eigenvalue weighted by atomic mass is 127. The van der Waals surface area contributed by atoms with Gasteiger partial charge >= 0.3 is 0 Å². The predicted molar refractivity (Wildman–Crippen MR) is 89.9 cm³/mol. The highest BCUT2D eigenvalue weighted by Crippen LogP contribution is 2.31. The minimum absolute atomic E-state index is 0.188. The summed E-state index contributed by atoms with van der Waals surface area (Å²) >= 11 is 8.91. The highest BCUT2D eigenvalue weighted by Gasteiger charge is 2.05. The third-order valence-corrected chi connectivity index (χ3v) is 4.23. The lowest BCUT2D eigenvalue weighted by Gasteiger charge is -2.03. The number of aliphatic imine (C=N–C) groups is 1. The number of halogens is 3. The Morgan fingerprint density at radius 2 is 1.89 bits per heavy atom. The van der Waals surface area contributed by atoms with Gasteiger partial charge in [0.1, 0.15) is 5.75 Å². The van der Waals surface area contributed by atoms with Crippen molar-refractivity contribution in [3.63, 3.8) is 0 Å². The van der Waals surface area contributed by atoms with Crippen molar-refractivity contribution in [2.24, 2.45) is 4.99 Å². The number of rotatable bonds is 2. The Kier molecular flexibility index (Phi) is 4.80. The molecule has 2 nitrogen and oxygen atoms in total. The molecule has 0 amide bonds. The van der Waals surface area contributed by atoms with E-state index >= 15 is 0 Å². The number of hydrogen-bond donors (Lipinski definition) is 1. The van der Waals surface area contributed by atoms with Crippen molar-refractivity contribution in [2.45, 2.75) is 0 Å². The summed E-state index contributed by atoms with van der Waals surface area (Å²) in [6.07, 6.45) is 1.66. The minimum Gasteiger partial charge on any atom is -0.506 e. The second-order valence-electron chi connectivity index (χ2n) is 3.54. The average molecular weight is 481 g/mol. The Bertz CT molecular complexity index is 614. The molecule has 2 aromatic carbocycles. The van der Waals surface area contributed by atoms with Gasteiger partial charge in [-0.3, -0.25) is 4.99 Å². The lowest BCUT2D eigenvalue weighted by molar-refractivity contribution is 0.471. The average Bonchev–Trinajstić information content (AvgIpc) is 2.33. The predicted octanol–water partition coefficient (Wildman–Crippen LogP) is 5.27. The topological polar surface area (TPSA) is 32.6 Å². The smallest absolute Gasteiger partial charge is 0.138 e. The second-order valence-corrected chi connectivity index (χ2v) is 6.47. The van der Waals surface area contributed by atoms with Crippen molar-refractivity contribution in [1.29, 1.82) is 0 Å². The normalized spacial score (nSPS) is 11.1. The fraction of sp³-hybridized carbons (Fsp3) is 0. The van der Waals surface area contributed by atoms with E-state index < -0.39 is 0 Å². The van der Waals surface area contributed by atoms with Gasteiger partial charge in [-0.05, 0) is 62.8 Å². The standard InChI is InChI=1S/C13H8Br2INO/c14-9-5-8(13(18)10(15)6-9)7-17-12-4-2-1-3-11(12)16/h1-7,18H. The largest absolute Gasteiger partial charge is 0.506 e. The molecule has 0 aliphatic carbocycles. The van der Waals surface area contributed by atoms with Gasteiger partial charge in [-0.2, -0.15) is 0 Å². The van der Waals surface area contributed by atoms with Gasteiger partial charge in [-0.25, -0.2) is 0 Å². The summed E-state index contributed by atoms with van der Waals surface area (Å²) in [6, 6.07) is 11.4. The number of phenols is 1. The maximum Gasteiger partial charge on any atom is 0.138 e. The maximum atomic E-state index is 9.91. The quantitative estimate of drug-likeness (QED) is 0.461. The minimum atomic E-state index is 0.188. The zero-order valence-corrected chi connectivity index (χ0v) is 14.4. The van der Waals surface area contributed by atoms with E-state index in [4.69, 9.17) is 0 Å². The van der Waals surface area contributed by atoms with Crippen LogP contribution in [0.15, 0.2) is 50.3 Å². The molecule has 18 heavy (non-hydrogen) atoms. The van der Waals surface area contributed by atoms with Crippen LogP contribution in [0, 0.1) is 3.57 Å². The molecule has 0 spiro atoms. The molecule has 0 aliphatic rings. The molecule has 0 aliphatic heterocycles. The van der Waals surface area contributed by atoms with Crippen molar-refractivity contribution in [2.75, 3.05) is 0 Å². The van der Waals surface area contributed by atoms with E-state index in [-0.39, 0.29) is 5.75 Å². The van der Waals surface area contributed by atoms with Crippen LogP contribution < -0.4 is 0 Å². The number of hydrogen-bond acceptors (Lipinski definition) is 2. The highest BCUT2D eigenvalue weighted by molar-refractivity contribution is 14.1. The van der Waals surface area contributed by atoms with E-state index in [1.54, 1.807) is 12.3 Å². The number of aromatic hydroxyl groups is 1. The summed E-state index contributed by atoms with van der Waals surface area (Å²) in [4.78, 5) is 4.38. The van der Waals surface area contributed by atoms with Gasteiger partial charge in [0.05, 0.1) is 10.2 Å². The molecule has 0 saturated carbocycles. The van der Waals surface area contributed by atoms with Crippen LogP contribution in [0.2, 0.25) is 0 Å². The molecule has 0 bridgehead atoms. The number of benzene rings is 2. The first-order valence-electron chi connectivity index (χ1n) is 5.04. The van der Waals surface area contributed by atoms with Crippen LogP contribution in [0.3, 0.4) is 0 Å².